The van der Waals surface area contributed by atoms with E-state index in [2.05, 4.69) is 5.10 Å². The van der Waals surface area contributed by atoms with E-state index in [1.54, 1.807) is 53.3 Å². The van der Waals surface area contributed by atoms with Gasteiger partial charge in [-0.3, -0.25) is 0 Å². The van der Waals surface area contributed by atoms with Gasteiger partial charge in [0.2, 0.25) is 0 Å². The van der Waals surface area contributed by atoms with Crippen LogP contribution in [0.3, 0.4) is 0 Å². The fourth-order valence-corrected chi connectivity index (χ4v) is 6.84. The van der Waals surface area contributed by atoms with Gasteiger partial charge in [0.05, 0.1) is 34.3 Å². The number of sulfone groups is 1. The quantitative estimate of drug-likeness (QED) is 0.669. The van der Waals surface area contributed by atoms with E-state index in [1.807, 2.05) is 6.08 Å². The topological polar surface area (TPSA) is 72.2 Å². The fraction of sp³-hybridized carbons (Fsp3) is 0.292. The Labute approximate surface area is 180 Å². The summed E-state index contributed by atoms with van der Waals surface area (Å²) in [6, 6.07) is 14.7. The van der Waals surface area contributed by atoms with Gasteiger partial charge in [-0.05, 0) is 73.7 Å². The Morgan fingerprint density at radius 1 is 1.13 bits per heavy atom. The average molecular weight is 439 g/mol. The Kier molecular flexibility index (Phi) is 4.83. The number of aliphatic hydroxyl groups excluding tert-OH is 1. The molecule has 2 aliphatic rings. The minimum Gasteiger partial charge on any atom is -0.395 e. The molecule has 160 valence electrons. The zero-order valence-corrected chi connectivity index (χ0v) is 17.7. The van der Waals surface area contributed by atoms with Crippen molar-refractivity contribution in [1.29, 1.82) is 0 Å². The molecule has 0 spiro atoms. The first-order valence-corrected chi connectivity index (χ1v) is 11.9. The fourth-order valence-electron chi connectivity index (χ4n) is 4.95. The van der Waals surface area contributed by atoms with Crippen LogP contribution in [-0.2, 0) is 16.3 Å². The maximum Gasteiger partial charge on any atom is 0.181 e. The normalized spacial score (nSPS) is 23.0. The second-order valence-electron chi connectivity index (χ2n) is 8.45. The molecular formula is C24H23FN2O3S. The zero-order chi connectivity index (χ0) is 21.6. The van der Waals surface area contributed by atoms with Crippen molar-refractivity contribution < 1.29 is 17.9 Å². The van der Waals surface area contributed by atoms with E-state index in [0.29, 0.717) is 30.6 Å². The van der Waals surface area contributed by atoms with Crippen molar-refractivity contribution in [1.82, 2.24) is 9.78 Å². The highest BCUT2D eigenvalue weighted by Gasteiger charge is 2.46. The molecule has 7 heteroatoms. The molecule has 2 aliphatic carbocycles. The molecular weight excluding hydrogens is 415 g/mol. The van der Waals surface area contributed by atoms with E-state index >= 15 is 0 Å². The van der Waals surface area contributed by atoms with Gasteiger partial charge in [-0.15, -0.1) is 0 Å². The summed E-state index contributed by atoms with van der Waals surface area (Å²) in [5.74, 6) is -0.305. The third-order valence-electron chi connectivity index (χ3n) is 6.65. The second kappa shape index (κ2) is 7.43. The first-order chi connectivity index (χ1) is 14.9. The minimum absolute atomic E-state index is 0.110. The van der Waals surface area contributed by atoms with Gasteiger partial charge in [-0.2, -0.15) is 5.10 Å². The summed E-state index contributed by atoms with van der Waals surface area (Å²) >= 11 is 0. The van der Waals surface area contributed by atoms with Crippen molar-refractivity contribution in [2.75, 3.05) is 6.61 Å². The summed E-state index contributed by atoms with van der Waals surface area (Å²) in [5.41, 5.74) is 3.09. The van der Waals surface area contributed by atoms with E-state index < -0.39 is 20.5 Å². The van der Waals surface area contributed by atoms with E-state index in [0.717, 1.165) is 22.5 Å². The average Bonchev–Trinajstić information content (AvgIpc) is 3.20. The monoisotopic (exact) mass is 438 g/mol. The number of hydrogen-bond acceptors (Lipinski definition) is 4. The van der Waals surface area contributed by atoms with Crippen LogP contribution in [0.15, 0.2) is 71.3 Å². The Morgan fingerprint density at radius 2 is 1.87 bits per heavy atom. The van der Waals surface area contributed by atoms with Crippen LogP contribution >= 0.6 is 0 Å². The largest absolute Gasteiger partial charge is 0.395 e. The van der Waals surface area contributed by atoms with Crippen molar-refractivity contribution >= 4 is 15.9 Å². The Hall–Kier alpha value is -2.77. The minimum atomic E-state index is -3.47. The third-order valence-corrected chi connectivity index (χ3v) is 8.85. The lowest BCUT2D eigenvalue weighted by Crippen LogP contribution is -2.42. The van der Waals surface area contributed by atoms with Crippen molar-refractivity contribution in [3.8, 4) is 5.69 Å². The van der Waals surface area contributed by atoms with Crippen LogP contribution in [0.4, 0.5) is 4.39 Å². The number of fused-ring (bicyclic) bond motifs is 2. The number of halogens is 1. The lowest BCUT2D eigenvalue weighted by atomic mass is 9.65. The molecule has 31 heavy (non-hydrogen) atoms. The smallest absolute Gasteiger partial charge is 0.181 e. The molecule has 1 N–H and O–H groups in total. The summed E-state index contributed by atoms with van der Waals surface area (Å²) in [6.45, 7) is -0.110. The molecule has 0 bridgehead atoms. The number of nitrogens with zero attached hydrogens (tertiary/aromatic N) is 2. The van der Waals surface area contributed by atoms with E-state index in [9.17, 15) is 17.9 Å². The maximum atomic E-state index is 13.3. The van der Waals surface area contributed by atoms with Gasteiger partial charge in [-0.25, -0.2) is 17.5 Å². The van der Waals surface area contributed by atoms with Crippen LogP contribution in [0.5, 0.6) is 0 Å². The lowest BCUT2D eigenvalue weighted by molar-refractivity contribution is 0.130. The van der Waals surface area contributed by atoms with E-state index in [1.165, 1.54) is 12.1 Å². The first-order valence-electron chi connectivity index (χ1n) is 10.4. The van der Waals surface area contributed by atoms with Crippen molar-refractivity contribution in [2.45, 2.75) is 35.8 Å². The number of rotatable bonds is 4. The Morgan fingerprint density at radius 3 is 2.58 bits per heavy atom. The van der Waals surface area contributed by atoms with Crippen LogP contribution in [-0.4, -0.2) is 35.2 Å². The van der Waals surface area contributed by atoms with Crippen LogP contribution in [0.1, 0.15) is 30.5 Å². The lowest BCUT2D eigenvalue weighted by Gasteiger charge is -2.43. The number of hydrogen-bond donors (Lipinski definition) is 1. The molecule has 1 fully saturated rings. The molecule has 0 saturated heterocycles. The molecule has 0 amide bonds. The van der Waals surface area contributed by atoms with Crippen LogP contribution in [0, 0.1) is 11.2 Å². The first kappa shape index (κ1) is 20.2. The van der Waals surface area contributed by atoms with E-state index in [4.69, 9.17) is 0 Å². The van der Waals surface area contributed by atoms with Gasteiger partial charge < -0.3 is 5.11 Å². The SMILES string of the molecule is O=S(=O)(c1ccccc1)[C@@H]1CCC2=Cc3c(cnn3-c3ccc(F)cc3)C[C@]2(CO)C1. The van der Waals surface area contributed by atoms with Gasteiger partial charge in [0.25, 0.3) is 0 Å². The molecule has 1 heterocycles. The second-order valence-corrected chi connectivity index (χ2v) is 10.7. The van der Waals surface area contributed by atoms with Gasteiger partial charge >= 0.3 is 0 Å². The van der Waals surface area contributed by atoms with Crippen molar-refractivity contribution in [3.63, 3.8) is 0 Å². The summed E-state index contributed by atoms with van der Waals surface area (Å²) < 4.78 is 41.6. The van der Waals surface area contributed by atoms with Crippen LogP contribution < -0.4 is 0 Å². The zero-order valence-electron chi connectivity index (χ0n) is 16.9. The predicted octanol–water partition coefficient (Wildman–Crippen LogP) is 3.96. The molecule has 0 aliphatic heterocycles. The molecule has 5 nitrogen and oxygen atoms in total. The molecule has 2 atom stereocenters. The molecule has 2 aromatic carbocycles. The molecule has 0 radical (unpaired) electrons. The predicted molar refractivity (Wildman–Crippen MR) is 116 cm³/mol. The van der Waals surface area contributed by atoms with Gasteiger partial charge in [0.1, 0.15) is 5.82 Å². The van der Waals surface area contributed by atoms with Crippen molar-refractivity contribution in [2.24, 2.45) is 5.41 Å². The molecule has 0 unspecified atom stereocenters. The number of benzene rings is 2. The summed E-state index contributed by atoms with van der Waals surface area (Å²) in [6.07, 6.45) is 5.84. The molecule has 1 saturated carbocycles. The van der Waals surface area contributed by atoms with Crippen LogP contribution in [0.2, 0.25) is 0 Å². The van der Waals surface area contributed by atoms with Gasteiger partial charge in [0, 0.05) is 5.41 Å². The third kappa shape index (κ3) is 3.32. The summed E-state index contributed by atoms with van der Waals surface area (Å²) in [5, 5.41) is 14.4. The molecule has 1 aromatic heterocycles. The van der Waals surface area contributed by atoms with Gasteiger partial charge in [0.15, 0.2) is 9.84 Å². The summed E-state index contributed by atoms with van der Waals surface area (Å²) in [7, 11) is -3.47. The standard InChI is InChI=1S/C24H23FN2O3S/c25-19-7-9-20(10-8-19)27-23-12-18-6-11-22(31(29,30)21-4-2-1-3-5-21)14-24(18,16-28)13-17(23)15-26-27/h1-5,7-10,12,15,22,28H,6,11,13-14,16H2/t22-,24-/m1/s1. The Bertz CT molecular complexity index is 1250. The van der Waals surface area contributed by atoms with E-state index in [-0.39, 0.29) is 12.4 Å². The van der Waals surface area contributed by atoms with Gasteiger partial charge in [-0.1, -0.05) is 23.8 Å². The van der Waals surface area contributed by atoms with Crippen LogP contribution in [0.25, 0.3) is 11.8 Å². The Balaban J connectivity index is 1.50. The number of aliphatic hydroxyl groups is 1. The highest BCUT2D eigenvalue weighted by atomic mass is 32.2. The highest BCUT2D eigenvalue weighted by Crippen LogP contribution is 2.49. The summed E-state index contributed by atoms with van der Waals surface area (Å²) in [4.78, 5) is 0.334. The van der Waals surface area contributed by atoms with Crippen molar-refractivity contribution in [3.05, 3.63) is 83.4 Å². The maximum absolute atomic E-state index is 13.3. The highest BCUT2D eigenvalue weighted by molar-refractivity contribution is 7.92. The molecule has 5 rings (SSSR count). The molecule has 3 aromatic rings. The number of aromatic nitrogens is 2.